The van der Waals surface area contributed by atoms with Crippen molar-refractivity contribution in [3.63, 3.8) is 0 Å². The zero-order valence-corrected chi connectivity index (χ0v) is 12.6. The molecule has 1 N–H and O–H groups in total. The van der Waals surface area contributed by atoms with Gasteiger partial charge in [-0.25, -0.2) is 13.2 Å². The maximum Gasteiger partial charge on any atom is 0.254 e. The molecule has 0 atom stereocenters. The maximum absolute atomic E-state index is 13.5. The van der Waals surface area contributed by atoms with Crippen molar-refractivity contribution in [2.45, 2.75) is 13.3 Å². The normalized spacial score (nSPS) is 11.1. The van der Waals surface area contributed by atoms with Crippen LogP contribution in [0.25, 0.3) is 4.96 Å². The Labute approximate surface area is 132 Å². The molecule has 2 heterocycles. The minimum absolute atomic E-state index is 0.167. The van der Waals surface area contributed by atoms with E-state index in [9.17, 15) is 18.0 Å². The van der Waals surface area contributed by atoms with Gasteiger partial charge in [-0.2, -0.15) is 9.61 Å². The summed E-state index contributed by atoms with van der Waals surface area (Å²) in [6.07, 6.45) is 0.393. The summed E-state index contributed by atoms with van der Waals surface area (Å²) in [7, 11) is 0. The van der Waals surface area contributed by atoms with Gasteiger partial charge in [-0.3, -0.25) is 4.79 Å². The van der Waals surface area contributed by atoms with E-state index in [-0.39, 0.29) is 6.54 Å². The molecule has 1 aromatic carbocycles. The maximum atomic E-state index is 13.5. The second-order valence-corrected chi connectivity index (χ2v) is 5.71. The average molecular weight is 341 g/mol. The van der Waals surface area contributed by atoms with Gasteiger partial charge in [-0.1, -0.05) is 11.3 Å². The van der Waals surface area contributed by atoms with E-state index in [0.717, 1.165) is 6.07 Å². The van der Waals surface area contributed by atoms with E-state index in [0.29, 0.717) is 28.3 Å². The third-order valence-corrected chi connectivity index (χ3v) is 4.05. The molecule has 0 aliphatic heterocycles. The Morgan fingerprint density at radius 1 is 1.26 bits per heavy atom. The number of benzene rings is 1. The van der Waals surface area contributed by atoms with E-state index in [1.165, 1.54) is 11.3 Å². The Bertz CT molecular complexity index is 891. The number of nitrogens with zero attached hydrogens (tertiary/aromatic N) is 4. The number of amides is 1. The van der Waals surface area contributed by atoms with Gasteiger partial charge >= 0.3 is 0 Å². The predicted octanol–water partition coefficient (Wildman–Crippen LogP) is 1.88. The fraction of sp³-hybridized carbons (Fsp3) is 0.231. The van der Waals surface area contributed by atoms with Crippen molar-refractivity contribution in [3.05, 3.63) is 46.0 Å². The van der Waals surface area contributed by atoms with E-state index >= 15 is 0 Å². The van der Waals surface area contributed by atoms with E-state index < -0.39 is 28.9 Å². The molecule has 0 aliphatic carbocycles. The van der Waals surface area contributed by atoms with Gasteiger partial charge in [0.1, 0.15) is 5.01 Å². The number of carbonyl (C=O) groups is 1. The number of fused-ring (bicyclic) bond motifs is 1. The van der Waals surface area contributed by atoms with Crippen LogP contribution in [0.15, 0.2) is 12.1 Å². The summed E-state index contributed by atoms with van der Waals surface area (Å²) >= 11 is 1.32. The summed E-state index contributed by atoms with van der Waals surface area (Å²) in [4.78, 5) is 12.4. The summed E-state index contributed by atoms with van der Waals surface area (Å²) in [5, 5.41) is 15.2. The number of nitrogens with one attached hydrogen (secondary N) is 1. The van der Waals surface area contributed by atoms with Crippen LogP contribution in [0.2, 0.25) is 0 Å². The van der Waals surface area contributed by atoms with E-state index in [1.54, 1.807) is 11.4 Å². The first-order valence-corrected chi connectivity index (χ1v) is 7.38. The standard InChI is InChI=1S/C13H10F3N5OS/c1-6-18-19-13-21(6)20-9(23-13)4-5-17-12(22)7-2-3-8(14)11(16)10(7)15/h2-3H,4-5H2,1H3,(H,17,22). The smallest absolute Gasteiger partial charge is 0.254 e. The molecule has 0 saturated heterocycles. The molecule has 120 valence electrons. The quantitative estimate of drug-likeness (QED) is 0.736. The Morgan fingerprint density at radius 3 is 2.78 bits per heavy atom. The number of aromatic nitrogens is 4. The van der Waals surface area contributed by atoms with Crippen molar-refractivity contribution in [1.29, 1.82) is 0 Å². The van der Waals surface area contributed by atoms with Gasteiger partial charge in [0.15, 0.2) is 23.3 Å². The first-order valence-electron chi connectivity index (χ1n) is 6.57. The monoisotopic (exact) mass is 341 g/mol. The number of hydrogen-bond donors (Lipinski definition) is 1. The van der Waals surface area contributed by atoms with E-state index in [2.05, 4.69) is 20.6 Å². The Kier molecular flexibility index (Phi) is 3.99. The highest BCUT2D eigenvalue weighted by Crippen LogP contribution is 2.16. The molecule has 0 bridgehead atoms. The summed E-state index contributed by atoms with van der Waals surface area (Å²) in [6.45, 7) is 1.93. The van der Waals surface area contributed by atoms with Gasteiger partial charge in [0.05, 0.1) is 5.56 Å². The molecule has 1 amide bonds. The second-order valence-electron chi connectivity index (χ2n) is 4.67. The lowest BCUT2D eigenvalue weighted by atomic mass is 10.2. The fourth-order valence-electron chi connectivity index (χ4n) is 1.93. The number of aryl methyl sites for hydroxylation is 1. The van der Waals surface area contributed by atoms with Gasteiger partial charge in [0.2, 0.25) is 4.96 Å². The summed E-state index contributed by atoms with van der Waals surface area (Å²) < 4.78 is 41.0. The Hall–Kier alpha value is -2.49. The summed E-state index contributed by atoms with van der Waals surface area (Å²) in [5.41, 5.74) is -0.544. The van der Waals surface area contributed by atoms with Crippen LogP contribution in [-0.4, -0.2) is 32.3 Å². The first kappa shape index (κ1) is 15.4. The predicted molar refractivity (Wildman–Crippen MR) is 75.7 cm³/mol. The minimum atomic E-state index is -1.67. The Morgan fingerprint density at radius 2 is 2.04 bits per heavy atom. The van der Waals surface area contributed by atoms with E-state index in [1.807, 2.05) is 0 Å². The van der Waals surface area contributed by atoms with Crippen LogP contribution in [0, 0.1) is 24.4 Å². The molecule has 3 rings (SSSR count). The zero-order chi connectivity index (χ0) is 16.6. The van der Waals surface area contributed by atoms with Crippen LogP contribution in [0.4, 0.5) is 13.2 Å². The zero-order valence-electron chi connectivity index (χ0n) is 11.8. The van der Waals surface area contributed by atoms with Crippen LogP contribution >= 0.6 is 11.3 Å². The molecule has 23 heavy (non-hydrogen) atoms. The number of rotatable bonds is 4. The lowest BCUT2D eigenvalue weighted by molar-refractivity contribution is 0.0949. The third kappa shape index (κ3) is 2.89. The summed E-state index contributed by atoms with van der Waals surface area (Å²) in [5.74, 6) is -4.68. The first-order chi connectivity index (χ1) is 11.0. The number of halogens is 3. The van der Waals surface area contributed by atoms with Crippen molar-refractivity contribution >= 4 is 22.2 Å². The molecule has 0 radical (unpaired) electrons. The molecule has 0 fully saturated rings. The van der Waals surface area contributed by atoms with Gasteiger partial charge in [0.25, 0.3) is 5.91 Å². The van der Waals surface area contributed by atoms with Gasteiger partial charge in [0, 0.05) is 13.0 Å². The van der Waals surface area contributed by atoms with Crippen molar-refractivity contribution in [2.75, 3.05) is 6.54 Å². The highest BCUT2D eigenvalue weighted by Gasteiger charge is 2.18. The van der Waals surface area contributed by atoms with Crippen LogP contribution < -0.4 is 5.32 Å². The SMILES string of the molecule is Cc1nnc2sc(CCNC(=O)c3ccc(F)c(F)c3F)nn12. The Balaban J connectivity index is 1.64. The third-order valence-electron chi connectivity index (χ3n) is 3.09. The molecule has 6 nitrogen and oxygen atoms in total. The molecular formula is C13H10F3N5OS. The van der Waals surface area contributed by atoms with Gasteiger partial charge < -0.3 is 5.32 Å². The van der Waals surface area contributed by atoms with Crippen LogP contribution in [-0.2, 0) is 6.42 Å². The molecule has 0 spiro atoms. The highest BCUT2D eigenvalue weighted by atomic mass is 32.1. The topological polar surface area (TPSA) is 72.2 Å². The van der Waals surface area contributed by atoms with Crippen molar-refractivity contribution in [2.24, 2.45) is 0 Å². The largest absolute Gasteiger partial charge is 0.352 e. The number of hydrogen-bond acceptors (Lipinski definition) is 5. The molecule has 0 unspecified atom stereocenters. The van der Waals surface area contributed by atoms with Crippen LogP contribution in [0.1, 0.15) is 21.2 Å². The van der Waals surface area contributed by atoms with E-state index in [4.69, 9.17) is 0 Å². The average Bonchev–Trinajstić information content (AvgIpc) is 3.07. The van der Waals surface area contributed by atoms with Crippen molar-refractivity contribution in [3.8, 4) is 0 Å². The molecule has 0 aliphatic rings. The van der Waals surface area contributed by atoms with Crippen molar-refractivity contribution < 1.29 is 18.0 Å². The molecule has 10 heteroatoms. The van der Waals surface area contributed by atoms with Crippen LogP contribution in [0.3, 0.4) is 0 Å². The number of carbonyl (C=O) groups excluding carboxylic acids is 1. The summed E-state index contributed by atoms with van der Waals surface area (Å²) in [6, 6.07) is 1.61. The van der Waals surface area contributed by atoms with Gasteiger partial charge in [-0.05, 0) is 19.1 Å². The lowest BCUT2D eigenvalue weighted by Crippen LogP contribution is -2.27. The molecule has 0 saturated carbocycles. The molecule has 3 aromatic rings. The minimum Gasteiger partial charge on any atom is -0.352 e. The lowest BCUT2D eigenvalue weighted by Gasteiger charge is -2.05. The van der Waals surface area contributed by atoms with Crippen LogP contribution in [0.5, 0.6) is 0 Å². The second kappa shape index (κ2) is 5.95. The fourth-order valence-corrected chi connectivity index (χ4v) is 2.81. The molecular weight excluding hydrogens is 331 g/mol. The van der Waals surface area contributed by atoms with Gasteiger partial charge in [-0.15, -0.1) is 10.2 Å². The highest BCUT2D eigenvalue weighted by molar-refractivity contribution is 7.16. The molecule has 2 aromatic heterocycles. The van der Waals surface area contributed by atoms with Crippen molar-refractivity contribution in [1.82, 2.24) is 25.1 Å².